The first-order valence-electron chi connectivity index (χ1n) is 23.3. The fraction of sp³-hybridized carbons (Fsp3) is 0.429. The van der Waals surface area contributed by atoms with E-state index in [1.54, 1.807) is 10.6 Å². The van der Waals surface area contributed by atoms with E-state index in [9.17, 15) is 27.0 Å². The number of aromatic hydroxyl groups is 2. The molecule has 0 amide bonds. The Hall–Kier alpha value is -3.99. The predicted molar refractivity (Wildman–Crippen MR) is 293 cm³/mol. The maximum atomic E-state index is 12.6. The number of aromatic nitrogens is 6. The van der Waals surface area contributed by atoms with Crippen LogP contribution in [0.15, 0.2) is 83.1 Å². The molecule has 16 nitrogen and oxygen atoms in total. The van der Waals surface area contributed by atoms with Crippen LogP contribution in [0.2, 0.25) is 0 Å². The zero-order valence-electron chi connectivity index (χ0n) is 42.1. The van der Waals surface area contributed by atoms with Crippen molar-refractivity contribution in [3.05, 3.63) is 106 Å². The predicted octanol–water partition coefficient (Wildman–Crippen LogP) is 9.72. The first-order chi connectivity index (χ1) is 34.4. The minimum absolute atomic E-state index is 0.0189. The first kappa shape index (κ1) is 59.9. The van der Waals surface area contributed by atoms with Crippen molar-refractivity contribution in [3.63, 3.8) is 0 Å². The monoisotopic (exact) mass is 1140 g/mol. The number of ether oxygens (including phenoxy) is 2. The summed E-state index contributed by atoms with van der Waals surface area (Å²) in [5, 5.41) is 37.2. The standard InChI is InChI=1S/C25H32N4O3S.C23H28N4O5S.CH2Cl2.BCl3/c1-17(2)22-15-23(19(4)14-18(22)3)24-26-27-25(33(5,30)31)29(24)21-8-6-20(7-9-21)16-28-10-12-32-13-11-28;1-15(2)18-12-19(21(29)13-20(18)28)22-24-25-23(33(3,30)31)27(22)17-6-4-16(5-7-17)14-26-8-10-32-11-9-26;2-1-3;2-1(3)4/h6-9,14-15,17H,10-13,16H2,1-5H3;4-7,12-13,15,28-29H,8-11,14H2,1-3H3;1H2;. The van der Waals surface area contributed by atoms with E-state index in [-0.39, 0.29) is 44.5 Å². The number of morpholine rings is 2. The third-order valence-electron chi connectivity index (χ3n) is 11.8. The molecule has 396 valence electrons. The van der Waals surface area contributed by atoms with Crippen LogP contribution in [0.4, 0.5) is 0 Å². The van der Waals surface area contributed by atoms with E-state index < -0.39 is 24.6 Å². The highest BCUT2D eigenvalue weighted by atomic mass is 35.6. The Kier molecular flexibility index (Phi) is 22.3. The van der Waals surface area contributed by atoms with Crippen molar-refractivity contribution in [3.8, 4) is 45.6 Å². The first-order valence-corrected chi connectivity index (χ1v) is 29.4. The third-order valence-corrected chi connectivity index (χ3v) is 13.7. The van der Waals surface area contributed by atoms with E-state index in [0.29, 0.717) is 36.2 Å². The zero-order valence-corrected chi connectivity index (χ0v) is 47.5. The lowest BCUT2D eigenvalue weighted by molar-refractivity contribution is 0.0341. The Morgan fingerprint density at radius 3 is 1.32 bits per heavy atom. The number of phenolic OH excluding ortho intramolecular Hbond substituents is 2. The van der Waals surface area contributed by atoms with Crippen molar-refractivity contribution in [1.82, 2.24) is 39.3 Å². The molecule has 24 heteroatoms. The van der Waals surface area contributed by atoms with Crippen LogP contribution in [-0.2, 0) is 42.2 Å². The molecule has 0 aliphatic carbocycles. The van der Waals surface area contributed by atoms with Crippen LogP contribution in [0.1, 0.15) is 72.9 Å². The van der Waals surface area contributed by atoms with Gasteiger partial charge in [0.15, 0.2) is 11.6 Å². The number of alkyl halides is 2. The summed E-state index contributed by atoms with van der Waals surface area (Å²) < 4.78 is 64.0. The van der Waals surface area contributed by atoms with Gasteiger partial charge in [-0.25, -0.2) is 16.8 Å². The summed E-state index contributed by atoms with van der Waals surface area (Å²) in [5.41, 5.74) is 8.80. The molecular weight excluding hydrogens is 1080 g/mol. The summed E-state index contributed by atoms with van der Waals surface area (Å²) in [6, 6.07) is 22.6. The highest BCUT2D eigenvalue weighted by Gasteiger charge is 2.27. The Balaban J connectivity index is 0.000000240. The van der Waals surface area contributed by atoms with Crippen LogP contribution >= 0.6 is 57.6 Å². The lowest BCUT2D eigenvalue weighted by Gasteiger charge is -2.26. The van der Waals surface area contributed by atoms with Crippen LogP contribution in [0.25, 0.3) is 34.2 Å². The molecule has 0 spiro atoms. The Morgan fingerprint density at radius 1 is 0.575 bits per heavy atom. The number of rotatable bonds is 12. The Morgan fingerprint density at radius 2 is 0.945 bits per heavy atom. The van der Waals surface area contributed by atoms with E-state index in [1.807, 2.05) is 69.3 Å². The van der Waals surface area contributed by atoms with Crippen molar-refractivity contribution in [2.45, 2.75) is 76.8 Å². The fourth-order valence-corrected chi connectivity index (χ4v) is 9.76. The number of benzene rings is 4. The van der Waals surface area contributed by atoms with Crippen LogP contribution in [0.3, 0.4) is 0 Å². The highest BCUT2D eigenvalue weighted by Crippen LogP contribution is 2.39. The van der Waals surface area contributed by atoms with Crippen molar-refractivity contribution in [2.75, 3.05) is 70.5 Å². The van der Waals surface area contributed by atoms with E-state index in [0.717, 1.165) is 81.1 Å². The van der Waals surface area contributed by atoms with E-state index >= 15 is 0 Å². The second-order valence-electron chi connectivity index (χ2n) is 18.0. The third kappa shape index (κ3) is 16.5. The van der Waals surface area contributed by atoms with Gasteiger partial charge >= 0.3 is 4.96 Å². The van der Waals surface area contributed by atoms with Gasteiger partial charge in [-0.1, -0.05) is 58.0 Å². The van der Waals surface area contributed by atoms with Crippen molar-refractivity contribution >= 4 is 82.2 Å². The maximum Gasteiger partial charge on any atom is 0.450 e. The van der Waals surface area contributed by atoms with Crippen molar-refractivity contribution in [2.24, 2.45) is 0 Å². The molecule has 2 saturated heterocycles. The topological polar surface area (TPSA) is 195 Å². The van der Waals surface area contributed by atoms with Crippen LogP contribution in [0, 0.1) is 13.8 Å². The van der Waals surface area contributed by atoms with E-state index in [2.05, 4.69) is 63.1 Å². The normalized spacial score (nSPS) is 14.5. The molecule has 73 heavy (non-hydrogen) atoms. The number of sulfone groups is 2. The van der Waals surface area contributed by atoms with Gasteiger partial charge in [-0.05, 0) is 95.5 Å². The molecule has 0 bridgehead atoms. The van der Waals surface area contributed by atoms with Gasteiger partial charge in [-0.3, -0.25) is 18.9 Å². The number of nitrogens with zero attached hydrogens (tertiary/aromatic N) is 8. The van der Waals surface area contributed by atoms with Gasteiger partial charge in [0.05, 0.1) is 37.3 Å². The maximum absolute atomic E-state index is 12.6. The zero-order chi connectivity index (χ0) is 53.8. The molecule has 2 fully saturated rings. The second kappa shape index (κ2) is 27.2. The minimum Gasteiger partial charge on any atom is -0.508 e. The van der Waals surface area contributed by atoms with Crippen LogP contribution in [-0.4, -0.2) is 142 Å². The molecule has 8 rings (SSSR count). The van der Waals surface area contributed by atoms with Gasteiger partial charge in [0.2, 0.25) is 19.7 Å². The lowest BCUT2D eigenvalue weighted by atomic mass is 9.93. The van der Waals surface area contributed by atoms with Gasteiger partial charge in [-0.15, -0.1) is 43.6 Å². The summed E-state index contributed by atoms with van der Waals surface area (Å²) in [6.07, 6.45) is 2.24. The summed E-state index contributed by atoms with van der Waals surface area (Å²) in [4.78, 5) is 3.90. The molecule has 0 unspecified atom stereocenters. The van der Waals surface area contributed by atoms with Gasteiger partial charge in [0, 0.05) is 74.8 Å². The SMILES string of the molecule is CC(C)c1cc(-c2nnc(S(C)(=O)=O)n2-c2ccc(CN3CCOCC3)cc2)c(O)cc1O.Cc1cc(C)c(C(C)C)cc1-c1nnc(S(C)(=O)=O)n1-c1ccc(CN2CCOCC2)cc1.ClB(Cl)Cl.ClCCl. The molecule has 6 aromatic rings. The fourth-order valence-electron chi connectivity index (χ4n) is 8.34. The summed E-state index contributed by atoms with van der Waals surface area (Å²) in [5.74, 6) is 0.790. The number of halogens is 5. The van der Waals surface area contributed by atoms with Crippen LogP contribution < -0.4 is 0 Å². The van der Waals surface area contributed by atoms with Gasteiger partial charge in [0.25, 0.3) is 10.3 Å². The Labute approximate surface area is 454 Å². The Bertz CT molecular complexity index is 2790. The molecule has 2 aliphatic rings. The molecule has 0 radical (unpaired) electrons. The molecular formula is C49H62BCl5N8O8S2. The number of hydrogen-bond acceptors (Lipinski definition) is 14. The molecule has 2 aliphatic heterocycles. The number of hydrogen-bond donors (Lipinski definition) is 2. The average Bonchev–Trinajstić information content (AvgIpc) is 3.97. The molecule has 0 atom stereocenters. The average molecular weight is 1140 g/mol. The number of aryl methyl sites for hydroxylation is 2. The molecule has 0 saturated carbocycles. The molecule has 4 heterocycles. The summed E-state index contributed by atoms with van der Waals surface area (Å²) in [7, 11) is -7.29. The van der Waals surface area contributed by atoms with E-state index in [1.165, 1.54) is 33.6 Å². The lowest BCUT2D eigenvalue weighted by Crippen LogP contribution is -2.35. The van der Waals surface area contributed by atoms with E-state index in [4.69, 9.17) is 67.1 Å². The van der Waals surface area contributed by atoms with Crippen molar-refractivity contribution < 1.29 is 36.5 Å². The van der Waals surface area contributed by atoms with Crippen LogP contribution in [0.5, 0.6) is 11.5 Å². The van der Waals surface area contributed by atoms with Gasteiger partial charge < -0.3 is 19.7 Å². The molecule has 4 aromatic carbocycles. The molecule has 2 N–H and O–H groups in total. The smallest absolute Gasteiger partial charge is 0.450 e. The summed E-state index contributed by atoms with van der Waals surface area (Å²) in [6.45, 7) is 20.4. The molecule has 2 aromatic heterocycles. The number of phenols is 2. The highest BCUT2D eigenvalue weighted by molar-refractivity contribution is 7.90. The minimum atomic E-state index is -3.71. The summed E-state index contributed by atoms with van der Waals surface area (Å²) >= 11 is 23.9. The van der Waals surface area contributed by atoms with Gasteiger partial charge in [0.1, 0.15) is 11.5 Å². The quantitative estimate of drug-likeness (QED) is 0.0868. The van der Waals surface area contributed by atoms with Gasteiger partial charge in [-0.2, -0.15) is 34.4 Å². The second-order valence-corrected chi connectivity index (χ2v) is 24.7. The largest absolute Gasteiger partial charge is 0.508 e. The van der Waals surface area contributed by atoms with Crippen molar-refractivity contribution in [1.29, 1.82) is 0 Å².